The van der Waals surface area contributed by atoms with Gasteiger partial charge in [-0.25, -0.2) is 4.79 Å². The first-order valence-corrected chi connectivity index (χ1v) is 9.40. The Morgan fingerprint density at radius 2 is 2.00 bits per heavy atom. The lowest BCUT2D eigenvalue weighted by atomic mass is 10.1. The minimum atomic E-state index is -3.53. The van der Waals surface area contributed by atoms with Gasteiger partial charge in [0.2, 0.25) is 0 Å². The molecule has 0 aliphatic carbocycles. The van der Waals surface area contributed by atoms with Gasteiger partial charge < -0.3 is 5.11 Å². The second-order valence-electron chi connectivity index (χ2n) is 6.15. The van der Waals surface area contributed by atoms with Crippen molar-refractivity contribution in [2.45, 2.75) is 18.9 Å². The van der Waals surface area contributed by atoms with Crippen LogP contribution in [0.3, 0.4) is 0 Å². The fraction of sp³-hybridized carbons (Fsp3) is 0.375. The van der Waals surface area contributed by atoms with Crippen molar-refractivity contribution in [2.24, 2.45) is 0 Å². The fourth-order valence-electron chi connectivity index (χ4n) is 2.88. The summed E-state index contributed by atoms with van der Waals surface area (Å²) in [5.74, 6) is -1.07. The van der Waals surface area contributed by atoms with E-state index in [2.05, 4.69) is 15.0 Å². The third-order valence-electron chi connectivity index (χ3n) is 4.26. The van der Waals surface area contributed by atoms with E-state index in [9.17, 15) is 13.2 Å². The van der Waals surface area contributed by atoms with E-state index in [4.69, 9.17) is 5.11 Å². The maximum atomic E-state index is 12.4. The number of nitrogens with zero attached hydrogens (tertiary/aromatic N) is 5. The number of carboxylic acid groups (broad SMARTS) is 1. The van der Waals surface area contributed by atoms with Gasteiger partial charge >= 0.3 is 5.97 Å². The molecular formula is C16H19N5O4S. The summed E-state index contributed by atoms with van der Waals surface area (Å²) in [6.45, 7) is 0.444. The van der Waals surface area contributed by atoms with Crippen LogP contribution in [0, 0.1) is 0 Å². The molecule has 0 bridgehead atoms. The minimum Gasteiger partial charge on any atom is -0.478 e. The summed E-state index contributed by atoms with van der Waals surface area (Å²) in [6.07, 6.45) is 7.25. The zero-order valence-corrected chi connectivity index (χ0v) is 15.2. The molecular weight excluding hydrogens is 358 g/mol. The van der Waals surface area contributed by atoms with Crippen molar-refractivity contribution >= 4 is 16.2 Å². The van der Waals surface area contributed by atoms with Gasteiger partial charge in [0.15, 0.2) is 0 Å². The van der Waals surface area contributed by atoms with Crippen LogP contribution in [0.2, 0.25) is 0 Å². The van der Waals surface area contributed by atoms with Gasteiger partial charge in [0, 0.05) is 38.6 Å². The third kappa shape index (κ3) is 3.43. The summed E-state index contributed by atoms with van der Waals surface area (Å²) >= 11 is 0. The smallest absolute Gasteiger partial charge is 0.337 e. The van der Waals surface area contributed by atoms with Crippen molar-refractivity contribution in [1.29, 1.82) is 0 Å². The summed E-state index contributed by atoms with van der Waals surface area (Å²) in [7, 11) is -0.524. The molecule has 1 aliphatic rings. The van der Waals surface area contributed by atoms with Crippen molar-refractivity contribution in [1.82, 2.24) is 23.6 Å². The van der Waals surface area contributed by atoms with Crippen LogP contribution < -0.4 is 0 Å². The number of hydrogen-bond acceptors (Lipinski definition) is 6. The Bertz CT molecular complexity index is 914. The molecule has 2 aromatic heterocycles. The zero-order valence-electron chi connectivity index (χ0n) is 14.4. The minimum absolute atomic E-state index is 0.0624. The molecule has 1 atom stereocenters. The molecule has 1 saturated heterocycles. The Morgan fingerprint density at radius 3 is 2.62 bits per heavy atom. The van der Waals surface area contributed by atoms with Gasteiger partial charge in [-0.1, -0.05) is 0 Å². The molecule has 26 heavy (non-hydrogen) atoms. The Balaban J connectivity index is 1.88. The van der Waals surface area contributed by atoms with E-state index in [1.54, 1.807) is 0 Å². The number of aromatic nitrogens is 3. The Kier molecular flexibility index (Phi) is 4.99. The lowest BCUT2D eigenvalue weighted by Crippen LogP contribution is -2.39. The number of pyridine rings is 1. The van der Waals surface area contributed by atoms with E-state index in [-0.39, 0.29) is 11.6 Å². The molecule has 10 heteroatoms. The van der Waals surface area contributed by atoms with Gasteiger partial charge in [-0.2, -0.15) is 17.0 Å². The molecule has 0 amide bonds. The number of carbonyl (C=O) groups is 1. The monoisotopic (exact) mass is 377 g/mol. The third-order valence-corrected chi connectivity index (χ3v) is 6.21. The van der Waals surface area contributed by atoms with Crippen molar-refractivity contribution in [2.75, 3.05) is 20.6 Å². The molecule has 2 aromatic rings. The molecule has 138 valence electrons. The van der Waals surface area contributed by atoms with Crippen LogP contribution in [-0.2, 0) is 10.2 Å². The van der Waals surface area contributed by atoms with Crippen LogP contribution in [0.5, 0.6) is 0 Å². The first-order valence-electron chi connectivity index (χ1n) is 8.00. The van der Waals surface area contributed by atoms with E-state index in [1.807, 2.05) is 0 Å². The normalized spacial score (nSPS) is 18.3. The van der Waals surface area contributed by atoms with Crippen molar-refractivity contribution < 1.29 is 18.3 Å². The summed E-state index contributed by atoms with van der Waals surface area (Å²) in [5, 5.41) is 9.05. The number of hydrogen-bond donors (Lipinski definition) is 1. The molecule has 0 unspecified atom stereocenters. The van der Waals surface area contributed by atoms with Crippen LogP contribution in [0.25, 0.3) is 11.3 Å². The number of carboxylic acids is 1. The molecule has 0 radical (unpaired) electrons. The lowest BCUT2D eigenvalue weighted by Gasteiger charge is -2.26. The lowest BCUT2D eigenvalue weighted by molar-refractivity contribution is 0.0696. The molecule has 9 nitrogen and oxygen atoms in total. The number of aromatic carboxylic acids is 1. The summed E-state index contributed by atoms with van der Waals surface area (Å²) in [5.41, 5.74) is 1.64. The van der Waals surface area contributed by atoms with Crippen LogP contribution in [0.15, 0.2) is 30.9 Å². The summed E-state index contributed by atoms with van der Waals surface area (Å²) in [4.78, 5) is 23.7. The molecule has 1 N–H and O–H groups in total. The van der Waals surface area contributed by atoms with Crippen molar-refractivity contribution in [3.63, 3.8) is 0 Å². The van der Waals surface area contributed by atoms with E-state index in [0.717, 1.165) is 6.42 Å². The highest BCUT2D eigenvalue weighted by Crippen LogP contribution is 2.33. The van der Waals surface area contributed by atoms with Gasteiger partial charge in [0.1, 0.15) is 0 Å². The molecule has 0 saturated carbocycles. The quantitative estimate of drug-likeness (QED) is 0.831. The second-order valence-corrected chi connectivity index (χ2v) is 8.25. The molecule has 3 rings (SSSR count). The number of rotatable bonds is 5. The second kappa shape index (κ2) is 7.06. The zero-order chi connectivity index (χ0) is 18.9. The fourth-order valence-corrected chi connectivity index (χ4v) is 4.19. The topological polar surface area (TPSA) is 117 Å². The van der Waals surface area contributed by atoms with Crippen LogP contribution in [-0.4, -0.2) is 63.7 Å². The predicted molar refractivity (Wildman–Crippen MR) is 93.5 cm³/mol. The van der Waals surface area contributed by atoms with E-state index in [1.165, 1.54) is 53.6 Å². The SMILES string of the molecule is CN(C)S(=O)(=O)N1CCC[C@@H]1c1cnc(-c2cncc(C(=O)O)c2)cn1. The van der Waals surface area contributed by atoms with Gasteiger partial charge in [0.05, 0.1) is 35.4 Å². The van der Waals surface area contributed by atoms with Crippen LogP contribution in [0.1, 0.15) is 34.9 Å². The standard InChI is InChI=1S/C16H19N5O4S/c1-20(2)26(24,25)21-5-3-4-15(21)14-10-18-13(9-19-14)11-6-12(16(22)23)8-17-7-11/h6-10,15H,3-5H2,1-2H3,(H,22,23)/t15-/m1/s1. The van der Waals surface area contributed by atoms with Gasteiger partial charge in [0.25, 0.3) is 10.2 Å². The maximum Gasteiger partial charge on any atom is 0.337 e. The first kappa shape index (κ1) is 18.4. The largest absolute Gasteiger partial charge is 0.478 e. The molecule has 3 heterocycles. The Labute approximate surface area is 151 Å². The predicted octanol–water partition coefficient (Wildman–Crippen LogP) is 1.18. The maximum absolute atomic E-state index is 12.4. The highest BCUT2D eigenvalue weighted by Gasteiger charge is 2.37. The van der Waals surface area contributed by atoms with Crippen molar-refractivity contribution in [3.05, 3.63) is 42.1 Å². The van der Waals surface area contributed by atoms with Crippen LogP contribution in [0.4, 0.5) is 0 Å². The summed E-state index contributed by atoms with van der Waals surface area (Å²) in [6, 6.07) is 1.12. The molecule has 1 aliphatic heterocycles. The van der Waals surface area contributed by atoms with E-state index in [0.29, 0.717) is 29.9 Å². The molecule has 0 spiro atoms. The highest BCUT2D eigenvalue weighted by molar-refractivity contribution is 7.86. The molecule has 0 aromatic carbocycles. The van der Waals surface area contributed by atoms with E-state index < -0.39 is 16.2 Å². The highest BCUT2D eigenvalue weighted by atomic mass is 32.2. The first-order chi connectivity index (χ1) is 12.3. The Hall–Kier alpha value is -2.43. The summed E-state index contributed by atoms with van der Waals surface area (Å²) < 4.78 is 27.5. The molecule has 1 fully saturated rings. The van der Waals surface area contributed by atoms with Crippen LogP contribution >= 0.6 is 0 Å². The van der Waals surface area contributed by atoms with Gasteiger partial charge in [-0.05, 0) is 18.9 Å². The van der Waals surface area contributed by atoms with E-state index >= 15 is 0 Å². The average molecular weight is 377 g/mol. The van der Waals surface area contributed by atoms with Gasteiger partial charge in [-0.3, -0.25) is 15.0 Å². The van der Waals surface area contributed by atoms with Crippen molar-refractivity contribution in [3.8, 4) is 11.3 Å². The van der Waals surface area contributed by atoms with Gasteiger partial charge in [-0.15, -0.1) is 0 Å². The average Bonchev–Trinajstić information content (AvgIpc) is 3.12. The Morgan fingerprint density at radius 1 is 1.23 bits per heavy atom.